The first kappa shape index (κ1) is 14.8. The second kappa shape index (κ2) is 5.25. The summed E-state index contributed by atoms with van der Waals surface area (Å²) in [6.45, 7) is 7.84. The Morgan fingerprint density at radius 3 is 2.41 bits per heavy atom. The summed E-state index contributed by atoms with van der Waals surface area (Å²) in [4.78, 5) is 20.8. The maximum atomic E-state index is 12.3. The van der Waals surface area contributed by atoms with Crippen LogP contribution in [-0.4, -0.2) is 15.9 Å². The van der Waals surface area contributed by atoms with E-state index in [1.165, 1.54) is 10.6 Å². The average Bonchev–Trinajstić information content (AvgIpc) is 2.70. The van der Waals surface area contributed by atoms with Gasteiger partial charge in [0.05, 0.1) is 12.1 Å². The molecule has 0 bridgehead atoms. The van der Waals surface area contributed by atoms with Crippen LogP contribution in [0.4, 0.5) is 11.5 Å². The standard InChI is InChI=1S/C16H17ClN4O/c1-8-5-9(2)14(10(3)6-8)20-21-13(22)7-12-15(17)18-11(4)19-16(12)21/h5-6,20H,7H2,1-4H3. The van der Waals surface area contributed by atoms with Gasteiger partial charge in [-0.1, -0.05) is 29.3 Å². The molecule has 0 saturated heterocycles. The van der Waals surface area contributed by atoms with Crippen LogP contribution in [0.5, 0.6) is 0 Å². The Bertz CT molecular complexity index is 765. The Morgan fingerprint density at radius 2 is 1.77 bits per heavy atom. The van der Waals surface area contributed by atoms with Crippen LogP contribution in [0, 0.1) is 27.7 Å². The van der Waals surface area contributed by atoms with Crippen LogP contribution in [0.2, 0.25) is 5.15 Å². The number of anilines is 2. The molecule has 3 rings (SSSR count). The zero-order valence-corrected chi connectivity index (χ0v) is 13.7. The third-order valence-electron chi connectivity index (χ3n) is 3.74. The summed E-state index contributed by atoms with van der Waals surface area (Å²) in [5.41, 5.74) is 8.14. The maximum Gasteiger partial charge on any atom is 0.251 e. The number of aryl methyl sites for hydroxylation is 4. The number of hydrazine groups is 1. The van der Waals surface area contributed by atoms with Crippen LogP contribution in [0.25, 0.3) is 0 Å². The molecule has 1 amide bonds. The fraction of sp³-hybridized carbons (Fsp3) is 0.312. The van der Waals surface area contributed by atoms with Crippen LogP contribution in [0.3, 0.4) is 0 Å². The number of carbonyl (C=O) groups is 1. The van der Waals surface area contributed by atoms with E-state index in [4.69, 9.17) is 11.6 Å². The number of rotatable bonds is 2. The molecule has 114 valence electrons. The molecule has 22 heavy (non-hydrogen) atoms. The van der Waals surface area contributed by atoms with Crippen molar-refractivity contribution in [1.29, 1.82) is 0 Å². The minimum Gasteiger partial charge on any atom is -0.289 e. The Labute approximate surface area is 134 Å². The Kier molecular flexibility index (Phi) is 3.53. The highest BCUT2D eigenvalue weighted by Crippen LogP contribution is 2.33. The molecular formula is C16H17ClN4O. The zero-order valence-electron chi connectivity index (χ0n) is 13.0. The molecule has 0 atom stereocenters. The van der Waals surface area contributed by atoms with Crippen molar-refractivity contribution in [3.63, 3.8) is 0 Å². The largest absolute Gasteiger partial charge is 0.289 e. The lowest BCUT2D eigenvalue weighted by Gasteiger charge is -2.22. The van der Waals surface area contributed by atoms with Crippen LogP contribution in [0.15, 0.2) is 12.1 Å². The number of carbonyl (C=O) groups excluding carboxylic acids is 1. The third-order valence-corrected chi connectivity index (χ3v) is 4.05. The van der Waals surface area contributed by atoms with Gasteiger partial charge in [0, 0.05) is 5.56 Å². The second-order valence-electron chi connectivity index (χ2n) is 5.66. The SMILES string of the molecule is Cc1cc(C)c(NN2C(=O)Cc3c(Cl)nc(C)nc32)c(C)c1. The molecule has 1 aromatic carbocycles. The van der Waals surface area contributed by atoms with Crippen molar-refractivity contribution in [2.24, 2.45) is 0 Å². The van der Waals surface area contributed by atoms with E-state index in [1.54, 1.807) is 6.92 Å². The van der Waals surface area contributed by atoms with Crippen molar-refractivity contribution >= 4 is 29.0 Å². The molecule has 1 aliphatic rings. The molecule has 1 N–H and O–H groups in total. The number of hydrogen-bond acceptors (Lipinski definition) is 4. The van der Waals surface area contributed by atoms with E-state index in [0.717, 1.165) is 16.8 Å². The van der Waals surface area contributed by atoms with Crippen LogP contribution < -0.4 is 10.4 Å². The molecule has 0 aliphatic carbocycles. The predicted molar refractivity (Wildman–Crippen MR) is 87.2 cm³/mol. The van der Waals surface area contributed by atoms with E-state index in [1.807, 2.05) is 13.8 Å². The number of amides is 1. The fourth-order valence-electron chi connectivity index (χ4n) is 2.82. The maximum absolute atomic E-state index is 12.3. The molecule has 6 heteroatoms. The van der Waals surface area contributed by atoms with E-state index in [9.17, 15) is 4.79 Å². The van der Waals surface area contributed by atoms with Crippen molar-refractivity contribution in [2.75, 3.05) is 10.4 Å². The summed E-state index contributed by atoms with van der Waals surface area (Å²) < 4.78 is 0. The predicted octanol–water partition coefficient (Wildman–Crippen LogP) is 3.28. The van der Waals surface area contributed by atoms with Crippen molar-refractivity contribution in [2.45, 2.75) is 34.1 Å². The lowest BCUT2D eigenvalue weighted by Crippen LogP contribution is -2.34. The second-order valence-corrected chi connectivity index (χ2v) is 6.01. The van der Waals surface area contributed by atoms with Gasteiger partial charge in [0.25, 0.3) is 5.91 Å². The third kappa shape index (κ3) is 2.41. The first-order valence-corrected chi connectivity index (χ1v) is 7.45. The summed E-state index contributed by atoms with van der Waals surface area (Å²) in [5, 5.41) is 1.82. The quantitative estimate of drug-likeness (QED) is 0.864. The molecule has 0 spiro atoms. The molecule has 2 aromatic rings. The summed E-state index contributed by atoms with van der Waals surface area (Å²) in [6.07, 6.45) is 0.214. The van der Waals surface area contributed by atoms with Gasteiger partial charge < -0.3 is 0 Å². The van der Waals surface area contributed by atoms with Gasteiger partial charge in [-0.3, -0.25) is 10.2 Å². The van der Waals surface area contributed by atoms with Gasteiger partial charge in [-0.15, -0.1) is 0 Å². The first-order chi connectivity index (χ1) is 10.4. The van der Waals surface area contributed by atoms with E-state index in [-0.39, 0.29) is 12.3 Å². The van der Waals surface area contributed by atoms with Crippen LogP contribution >= 0.6 is 11.6 Å². The van der Waals surface area contributed by atoms with E-state index in [0.29, 0.717) is 22.4 Å². The minimum atomic E-state index is -0.0869. The van der Waals surface area contributed by atoms with Gasteiger partial charge in [-0.05, 0) is 38.8 Å². The first-order valence-electron chi connectivity index (χ1n) is 7.07. The molecule has 0 radical (unpaired) electrons. The molecule has 5 nitrogen and oxygen atoms in total. The smallest absolute Gasteiger partial charge is 0.251 e. The molecule has 1 aliphatic heterocycles. The van der Waals surface area contributed by atoms with Gasteiger partial charge in [0.2, 0.25) is 0 Å². The number of benzene rings is 1. The van der Waals surface area contributed by atoms with Gasteiger partial charge >= 0.3 is 0 Å². The van der Waals surface area contributed by atoms with Gasteiger partial charge in [0.1, 0.15) is 11.0 Å². The van der Waals surface area contributed by atoms with Gasteiger partial charge in [-0.25, -0.2) is 15.0 Å². The zero-order chi connectivity index (χ0) is 16.0. The summed E-state index contributed by atoms with van der Waals surface area (Å²) in [7, 11) is 0. The Balaban J connectivity index is 2.04. The Hall–Kier alpha value is -2.14. The lowest BCUT2D eigenvalue weighted by atomic mass is 10.1. The molecular weight excluding hydrogens is 300 g/mol. The number of nitrogens with one attached hydrogen (secondary N) is 1. The van der Waals surface area contributed by atoms with Gasteiger partial charge in [0.15, 0.2) is 5.82 Å². The molecule has 0 fully saturated rings. The highest BCUT2D eigenvalue weighted by atomic mass is 35.5. The highest BCUT2D eigenvalue weighted by molar-refractivity contribution is 6.31. The van der Waals surface area contributed by atoms with Crippen molar-refractivity contribution in [3.05, 3.63) is 45.4 Å². The van der Waals surface area contributed by atoms with Crippen molar-refractivity contribution in [3.8, 4) is 0 Å². The number of fused-ring (bicyclic) bond motifs is 1. The highest BCUT2D eigenvalue weighted by Gasteiger charge is 2.32. The number of nitrogens with zero attached hydrogens (tertiary/aromatic N) is 3. The molecule has 2 heterocycles. The molecule has 0 unspecified atom stereocenters. The number of hydrogen-bond donors (Lipinski definition) is 1. The number of halogens is 1. The van der Waals surface area contributed by atoms with Gasteiger partial charge in [-0.2, -0.15) is 0 Å². The summed E-state index contributed by atoms with van der Waals surface area (Å²) in [6, 6.07) is 4.16. The normalized spacial score (nSPS) is 13.5. The van der Waals surface area contributed by atoms with Crippen LogP contribution in [-0.2, 0) is 11.2 Å². The number of aromatic nitrogens is 2. The fourth-order valence-corrected chi connectivity index (χ4v) is 3.09. The van der Waals surface area contributed by atoms with E-state index < -0.39 is 0 Å². The van der Waals surface area contributed by atoms with Crippen LogP contribution in [0.1, 0.15) is 28.1 Å². The summed E-state index contributed by atoms with van der Waals surface area (Å²) in [5.74, 6) is 1.00. The average molecular weight is 317 g/mol. The summed E-state index contributed by atoms with van der Waals surface area (Å²) >= 11 is 6.13. The van der Waals surface area contributed by atoms with Crippen molar-refractivity contribution in [1.82, 2.24) is 9.97 Å². The van der Waals surface area contributed by atoms with E-state index in [2.05, 4.69) is 34.5 Å². The molecule has 1 aromatic heterocycles. The topological polar surface area (TPSA) is 58.1 Å². The molecule has 0 saturated carbocycles. The van der Waals surface area contributed by atoms with Crippen molar-refractivity contribution < 1.29 is 4.79 Å². The minimum absolute atomic E-state index is 0.0869. The van der Waals surface area contributed by atoms with E-state index >= 15 is 0 Å². The monoisotopic (exact) mass is 316 g/mol. The Morgan fingerprint density at radius 1 is 1.14 bits per heavy atom. The lowest BCUT2D eigenvalue weighted by molar-refractivity contribution is -0.117.